The molecule has 0 atom stereocenters. The van der Waals surface area contributed by atoms with E-state index in [-0.39, 0.29) is 17.4 Å². The number of thioether (sulfide) groups is 1. The number of hydrogen-bond donors (Lipinski definition) is 1. The summed E-state index contributed by atoms with van der Waals surface area (Å²) in [6.07, 6.45) is 2.14. The van der Waals surface area contributed by atoms with E-state index in [1.807, 2.05) is 13.8 Å². The molecule has 0 aromatic heterocycles. The third kappa shape index (κ3) is 4.90. The number of aryl methyl sites for hydroxylation is 1. The summed E-state index contributed by atoms with van der Waals surface area (Å²) in [5.41, 5.74) is 0.655. The molecule has 0 unspecified atom stereocenters. The van der Waals surface area contributed by atoms with Gasteiger partial charge in [-0.15, -0.1) is 23.1 Å². The van der Waals surface area contributed by atoms with E-state index in [9.17, 15) is 17.6 Å². The fourth-order valence-electron chi connectivity index (χ4n) is 2.87. The summed E-state index contributed by atoms with van der Waals surface area (Å²) < 4.78 is 43.4. The maximum Gasteiger partial charge on any atom is 0.354 e. The Labute approximate surface area is 191 Å². The van der Waals surface area contributed by atoms with Crippen LogP contribution in [0.15, 0.2) is 42.6 Å². The van der Waals surface area contributed by atoms with E-state index in [1.54, 1.807) is 18.2 Å². The Morgan fingerprint density at radius 3 is 2.67 bits per heavy atom. The highest BCUT2D eigenvalue weighted by Gasteiger charge is 2.27. The normalized spacial score (nSPS) is 11.9. The van der Waals surface area contributed by atoms with E-state index >= 15 is 0 Å². The molecular formula is C19H21BrFN3O3S3. The van der Waals surface area contributed by atoms with Crippen LogP contribution in [0.25, 0.3) is 5.69 Å². The Morgan fingerprint density at radius 1 is 1.23 bits per heavy atom. The summed E-state index contributed by atoms with van der Waals surface area (Å²) in [7, 11) is -3.95. The van der Waals surface area contributed by atoms with Gasteiger partial charge in [0.2, 0.25) is 0 Å². The van der Waals surface area contributed by atoms with Crippen LogP contribution < -0.4 is 10.4 Å². The maximum atomic E-state index is 12.9. The predicted octanol–water partition coefficient (Wildman–Crippen LogP) is 5.14. The van der Waals surface area contributed by atoms with Gasteiger partial charge < -0.3 is 0 Å². The molecular weight excluding hydrogens is 513 g/mol. The number of sulfonamides is 1. The van der Waals surface area contributed by atoms with Gasteiger partial charge in [0.25, 0.3) is 10.0 Å². The number of alkyl halides is 1. The molecule has 0 aliphatic carbocycles. The molecule has 3 rings (SSSR count). The van der Waals surface area contributed by atoms with Crippen LogP contribution in [0.2, 0.25) is 0 Å². The zero-order chi connectivity index (χ0) is 21.9. The van der Waals surface area contributed by atoms with Crippen LogP contribution in [0.5, 0.6) is 0 Å². The van der Waals surface area contributed by atoms with Crippen molar-refractivity contribution < 1.29 is 12.8 Å². The number of unbranched alkanes of at least 4 members (excludes halogenated alkanes) is 2. The van der Waals surface area contributed by atoms with Gasteiger partial charge in [0, 0.05) is 15.0 Å². The summed E-state index contributed by atoms with van der Waals surface area (Å²) >= 11 is 6.28. The molecule has 0 saturated carbocycles. The minimum atomic E-state index is -3.95. The second kappa shape index (κ2) is 9.80. The molecule has 0 amide bonds. The molecule has 1 N–H and O–H groups in total. The van der Waals surface area contributed by atoms with Crippen molar-refractivity contribution >= 4 is 54.9 Å². The van der Waals surface area contributed by atoms with Crippen molar-refractivity contribution in [2.45, 2.75) is 42.2 Å². The van der Waals surface area contributed by atoms with Crippen LogP contribution in [-0.2, 0) is 10.0 Å². The van der Waals surface area contributed by atoms with Crippen molar-refractivity contribution in [1.29, 1.82) is 0 Å². The third-order valence-corrected chi connectivity index (χ3v) is 9.38. The minimum absolute atomic E-state index is 0.0151. The van der Waals surface area contributed by atoms with Gasteiger partial charge in [0.1, 0.15) is 10.6 Å². The molecule has 0 fully saturated rings. The first-order valence-corrected chi connectivity index (χ1v) is 13.3. The first kappa shape index (κ1) is 23.2. The van der Waals surface area contributed by atoms with Crippen LogP contribution in [0.3, 0.4) is 0 Å². The molecule has 30 heavy (non-hydrogen) atoms. The first-order valence-electron chi connectivity index (χ1n) is 9.25. The number of aromatic nitrogens is 2. The lowest BCUT2D eigenvalue weighted by Gasteiger charge is -2.16. The molecule has 1 aromatic rings. The van der Waals surface area contributed by atoms with Gasteiger partial charge in [-0.2, -0.15) is 4.98 Å². The van der Waals surface area contributed by atoms with Crippen molar-refractivity contribution in [3.05, 3.63) is 49.8 Å². The van der Waals surface area contributed by atoms with E-state index in [2.05, 4.69) is 25.6 Å². The number of hydrogen-bond acceptors (Lipinski definition) is 6. The lowest BCUT2D eigenvalue weighted by Crippen LogP contribution is -2.17. The number of nitrogens with one attached hydrogen (secondary N) is 1. The average molecular weight is 534 g/mol. The van der Waals surface area contributed by atoms with Gasteiger partial charge >= 0.3 is 5.69 Å². The average Bonchev–Trinajstić information content (AvgIpc) is 3.01. The number of benzene rings is 1. The Hall–Kier alpha value is -1.43. The molecule has 1 aromatic carbocycles. The van der Waals surface area contributed by atoms with Crippen LogP contribution >= 0.6 is 39.0 Å². The standard InChI is InChI=1S/C19H21BrFN3O3S3/c1-12-13(2)29-18(28-11-7-3-6-10-21)16-17(22-19(25)24(12)16)23-30(26,27)15-9-5-4-8-14(15)20/h4-5,8-9H,3,6-7,10-11H2,1-2H3,(H,22,23,25). The second-order valence-electron chi connectivity index (χ2n) is 6.59. The van der Waals surface area contributed by atoms with E-state index in [0.717, 1.165) is 33.4 Å². The molecule has 2 aliphatic heterocycles. The van der Waals surface area contributed by atoms with E-state index in [1.165, 1.54) is 33.7 Å². The number of halogens is 2. The second-order valence-corrected chi connectivity index (χ2v) is 11.7. The lowest BCUT2D eigenvalue weighted by molar-refractivity contribution is 0.460. The highest BCUT2D eigenvalue weighted by atomic mass is 79.9. The monoisotopic (exact) mass is 533 g/mol. The van der Waals surface area contributed by atoms with Gasteiger partial charge in [-0.05, 0) is 60.5 Å². The lowest BCUT2D eigenvalue weighted by atomic mass is 10.3. The maximum absolute atomic E-state index is 12.9. The van der Waals surface area contributed by atoms with Gasteiger partial charge in [-0.25, -0.2) is 13.2 Å². The van der Waals surface area contributed by atoms with Gasteiger partial charge in [0.05, 0.1) is 10.9 Å². The molecule has 0 saturated heterocycles. The first-order chi connectivity index (χ1) is 14.3. The largest absolute Gasteiger partial charge is 0.354 e. The molecule has 0 radical (unpaired) electrons. The fourth-order valence-corrected chi connectivity index (χ4v) is 7.40. The topological polar surface area (TPSA) is 81.1 Å². The summed E-state index contributed by atoms with van der Waals surface area (Å²) in [4.78, 5) is 17.6. The third-order valence-electron chi connectivity index (χ3n) is 4.50. The van der Waals surface area contributed by atoms with Gasteiger partial charge in [-0.1, -0.05) is 18.6 Å². The highest BCUT2D eigenvalue weighted by Crippen LogP contribution is 2.39. The Bertz CT molecular complexity index is 1180. The minimum Gasteiger partial charge on any atom is -0.261 e. The molecule has 11 heteroatoms. The van der Waals surface area contributed by atoms with Gasteiger partial charge in [-0.3, -0.25) is 13.7 Å². The molecule has 162 valence electrons. The van der Waals surface area contributed by atoms with Gasteiger partial charge in [0.15, 0.2) is 5.82 Å². The molecule has 6 nitrogen and oxygen atoms in total. The highest BCUT2D eigenvalue weighted by molar-refractivity contribution is 9.10. The Balaban J connectivity index is 2.01. The van der Waals surface area contributed by atoms with Crippen LogP contribution in [0, 0.1) is 13.8 Å². The summed E-state index contributed by atoms with van der Waals surface area (Å²) in [5, 5.41) is 0. The van der Waals surface area contributed by atoms with E-state index in [4.69, 9.17) is 0 Å². The number of nitrogens with zero attached hydrogens (tertiary/aromatic N) is 2. The molecule has 0 spiro atoms. The van der Waals surface area contributed by atoms with Crippen molar-refractivity contribution in [3.8, 4) is 5.69 Å². The fraction of sp³-hybridized carbons (Fsp3) is 0.368. The van der Waals surface area contributed by atoms with Crippen LogP contribution in [-0.4, -0.2) is 30.4 Å². The van der Waals surface area contributed by atoms with E-state index in [0.29, 0.717) is 16.6 Å². The zero-order valence-corrected chi connectivity index (χ0v) is 20.5. The molecule has 2 aliphatic rings. The Kier molecular flexibility index (Phi) is 7.59. The van der Waals surface area contributed by atoms with E-state index < -0.39 is 15.7 Å². The van der Waals surface area contributed by atoms with Crippen molar-refractivity contribution in [3.63, 3.8) is 0 Å². The SMILES string of the molecule is Cc1sc(SCCCCCF)c2c(NS(=O)(=O)c3ccccc3Br)nc(=O)n-2c1C. The Morgan fingerprint density at radius 2 is 1.97 bits per heavy atom. The molecule has 0 bridgehead atoms. The van der Waals surface area contributed by atoms with Crippen molar-refractivity contribution in [1.82, 2.24) is 9.55 Å². The van der Waals surface area contributed by atoms with Crippen molar-refractivity contribution in [2.24, 2.45) is 0 Å². The summed E-state index contributed by atoms with van der Waals surface area (Å²) in [6, 6.07) is 6.45. The quantitative estimate of drug-likeness (QED) is 0.304. The number of anilines is 1. The number of rotatable bonds is 9. The smallest absolute Gasteiger partial charge is 0.261 e. The summed E-state index contributed by atoms with van der Waals surface area (Å²) in [5.74, 6) is 0.756. The predicted molar refractivity (Wildman–Crippen MR) is 124 cm³/mol. The van der Waals surface area contributed by atoms with Crippen molar-refractivity contribution in [2.75, 3.05) is 17.1 Å². The number of imidazole rings is 1. The van der Waals surface area contributed by atoms with Crippen LogP contribution in [0.4, 0.5) is 10.2 Å². The summed E-state index contributed by atoms with van der Waals surface area (Å²) in [6.45, 7) is 3.39. The molecule has 2 heterocycles. The van der Waals surface area contributed by atoms with Crippen LogP contribution in [0.1, 0.15) is 29.8 Å². The zero-order valence-electron chi connectivity index (χ0n) is 16.4. The number of fused-ring (bicyclic) bond motifs is 1.